The van der Waals surface area contributed by atoms with E-state index < -0.39 is 6.04 Å². The molecule has 1 aromatic heterocycles. The van der Waals surface area contributed by atoms with Crippen molar-refractivity contribution in [2.24, 2.45) is 18.2 Å². The van der Waals surface area contributed by atoms with Crippen LogP contribution in [0.5, 0.6) is 0 Å². The van der Waals surface area contributed by atoms with E-state index in [2.05, 4.69) is 11.4 Å². The Balaban J connectivity index is 2.87. The van der Waals surface area contributed by atoms with Crippen molar-refractivity contribution in [3.8, 4) is 6.07 Å². The molecular weight excluding hydrogens is 240 g/mol. The summed E-state index contributed by atoms with van der Waals surface area (Å²) in [6.07, 6.45) is 0. The molecule has 0 aliphatic heterocycles. The second-order valence-corrected chi connectivity index (χ2v) is 5.89. The average molecular weight is 262 g/mol. The maximum absolute atomic E-state index is 11.5. The molecule has 0 spiro atoms. The van der Waals surface area contributed by atoms with E-state index in [0.29, 0.717) is 12.2 Å². The van der Waals surface area contributed by atoms with Crippen molar-refractivity contribution in [2.45, 2.75) is 40.3 Å². The van der Waals surface area contributed by atoms with Gasteiger partial charge in [-0.3, -0.25) is 4.79 Å². The molecule has 3 N–H and O–H groups in total. The van der Waals surface area contributed by atoms with Crippen molar-refractivity contribution in [2.75, 3.05) is 0 Å². The fourth-order valence-electron chi connectivity index (χ4n) is 2.09. The molecule has 0 radical (unpaired) electrons. The summed E-state index contributed by atoms with van der Waals surface area (Å²) in [7, 11) is 1.85. The van der Waals surface area contributed by atoms with E-state index in [1.54, 1.807) is 0 Å². The Morgan fingerprint density at radius 2 is 2.16 bits per heavy atom. The molecule has 0 saturated carbocycles. The van der Waals surface area contributed by atoms with Crippen LogP contribution in [0.15, 0.2) is 6.07 Å². The zero-order chi connectivity index (χ0) is 14.8. The minimum absolute atomic E-state index is 0.243. The lowest BCUT2D eigenvalue weighted by Crippen LogP contribution is -2.49. The zero-order valence-electron chi connectivity index (χ0n) is 12.2. The lowest BCUT2D eigenvalue weighted by molar-refractivity contribution is -0.122. The zero-order valence-corrected chi connectivity index (χ0v) is 12.2. The molecule has 0 unspecified atom stereocenters. The molecule has 1 heterocycles. The van der Waals surface area contributed by atoms with Crippen molar-refractivity contribution >= 4 is 5.91 Å². The van der Waals surface area contributed by atoms with Gasteiger partial charge in [0, 0.05) is 19.3 Å². The van der Waals surface area contributed by atoms with Gasteiger partial charge in [-0.2, -0.15) is 5.26 Å². The van der Waals surface area contributed by atoms with Gasteiger partial charge in [-0.15, -0.1) is 0 Å². The van der Waals surface area contributed by atoms with Gasteiger partial charge in [0.1, 0.15) is 11.8 Å². The van der Waals surface area contributed by atoms with E-state index in [9.17, 15) is 4.79 Å². The van der Waals surface area contributed by atoms with E-state index in [4.69, 9.17) is 11.0 Å². The van der Waals surface area contributed by atoms with E-state index in [1.807, 2.05) is 45.4 Å². The van der Waals surface area contributed by atoms with Gasteiger partial charge >= 0.3 is 0 Å². The van der Waals surface area contributed by atoms with Crippen LogP contribution in [0.25, 0.3) is 0 Å². The normalized spacial score (nSPS) is 13.1. The molecule has 5 heteroatoms. The molecule has 1 atom stereocenters. The summed E-state index contributed by atoms with van der Waals surface area (Å²) in [5, 5.41) is 12.2. The highest BCUT2D eigenvalue weighted by Crippen LogP contribution is 2.20. The van der Waals surface area contributed by atoms with E-state index in [-0.39, 0.29) is 11.3 Å². The molecule has 5 nitrogen and oxygen atoms in total. The van der Waals surface area contributed by atoms with Gasteiger partial charge in [-0.25, -0.2) is 0 Å². The fraction of sp³-hybridized carbons (Fsp3) is 0.571. The predicted octanol–water partition coefficient (Wildman–Crippen LogP) is 1.19. The molecule has 104 valence electrons. The van der Waals surface area contributed by atoms with Crippen LogP contribution < -0.4 is 11.1 Å². The van der Waals surface area contributed by atoms with Crippen molar-refractivity contribution in [1.29, 1.82) is 5.26 Å². The summed E-state index contributed by atoms with van der Waals surface area (Å²) in [5.74, 6) is -0.360. The highest BCUT2D eigenvalue weighted by Gasteiger charge is 2.29. The molecule has 1 rings (SSSR count). The minimum Gasteiger partial charge on any atom is -0.368 e. The summed E-state index contributed by atoms with van der Waals surface area (Å²) < 4.78 is 1.84. The Labute approximate surface area is 114 Å². The monoisotopic (exact) mass is 262 g/mol. The van der Waals surface area contributed by atoms with Crippen molar-refractivity contribution in [1.82, 2.24) is 9.88 Å². The van der Waals surface area contributed by atoms with Crippen LogP contribution >= 0.6 is 0 Å². The number of carbonyl (C=O) groups excluding carboxylic acids is 1. The van der Waals surface area contributed by atoms with Gasteiger partial charge < -0.3 is 15.6 Å². The SMILES string of the molecule is Cc1c(CN[C@@H](C(N)=O)C(C)(C)C)cc(C#N)n1C. The maximum atomic E-state index is 11.5. The van der Waals surface area contributed by atoms with Crippen molar-refractivity contribution < 1.29 is 4.79 Å². The quantitative estimate of drug-likeness (QED) is 0.855. The largest absolute Gasteiger partial charge is 0.368 e. The Kier molecular flexibility index (Phi) is 4.38. The van der Waals surface area contributed by atoms with Crippen LogP contribution in [-0.4, -0.2) is 16.5 Å². The van der Waals surface area contributed by atoms with Crippen molar-refractivity contribution in [3.05, 3.63) is 23.0 Å². The number of aromatic nitrogens is 1. The number of rotatable bonds is 4. The van der Waals surface area contributed by atoms with Gasteiger partial charge in [0.25, 0.3) is 0 Å². The molecule has 1 amide bonds. The molecule has 0 bridgehead atoms. The highest BCUT2D eigenvalue weighted by molar-refractivity contribution is 5.80. The van der Waals surface area contributed by atoms with Gasteiger partial charge in [-0.1, -0.05) is 20.8 Å². The van der Waals surface area contributed by atoms with Crippen LogP contribution in [0.4, 0.5) is 0 Å². The Morgan fingerprint density at radius 1 is 1.58 bits per heavy atom. The molecule has 0 aliphatic rings. The fourth-order valence-corrected chi connectivity index (χ4v) is 2.09. The first kappa shape index (κ1) is 15.3. The summed E-state index contributed by atoms with van der Waals surface area (Å²) in [5.41, 5.74) is 7.82. The number of nitrogens with two attached hydrogens (primary N) is 1. The van der Waals surface area contributed by atoms with Gasteiger partial charge in [0.05, 0.1) is 6.04 Å². The maximum Gasteiger partial charge on any atom is 0.235 e. The van der Waals surface area contributed by atoms with Crippen LogP contribution in [-0.2, 0) is 18.4 Å². The Hall–Kier alpha value is -1.80. The predicted molar refractivity (Wildman–Crippen MR) is 74.1 cm³/mol. The lowest BCUT2D eigenvalue weighted by Gasteiger charge is -2.28. The summed E-state index contributed by atoms with van der Waals surface area (Å²) in [6, 6.07) is 3.57. The first-order chi connectivity index (χ1) is 8.68. The highest BCUT2D eigenvalue weighted by atomic mass is 16.1. The molecule has 0 saturated heterocycles. The number of hydrogen-bond donors (Lipinski definition) is 2. The summed E-state index contributed by atoms with van der Waals surface area (Å²) in [4.78, 5) is 11.5. The Bertz CT molecular complexity index is 517. The average Bonchev–Trinajstić information content (AvgIpc) is 2.54. The van der Waals surface area contributed by atoms with Gasteiger partial charge in [0.15, 0.2) is 0 Å². The van der Waals surface area contributed by atoms with Crippen LogP contribution in [0.2, 0.25) is 0 Å². The minimum atomic E-state index is -0.405. The molecule has 19 heavy (non-hydrogen) atoms. The Morgan fingerprint density at radius 3 is 2.53 bits per heavy atom. The summed E-state index contributed by atoms with van der Waals surface area (Å²) >= 11 is 0. The van der Waals surface area contributed by atoms with Crippen LogP contribution in [0, 0.1) is 23.7 Å². The number of nitrogens with one attached hydrogen (secondary N) is 1. The topological polar surface area (TPSA) is 83.8 Å². The third-order valence-electron chi connectivity index (χ3n) is 3.40. The lowest BCUT2D eigenvalue weighted by atomic mass is 9.86. The second kappa shape index (κ2) is 5.45. The molecule has 0 aliphatic carbocycles. The van der Waals surface area contributed by atoms with Gasteiger partial charge in [-0.05, 0) is 24.0 Å². The first-order valence-corrected chi connectivity index (χ1v) is 6.26. The number of nitrogens with zero attached hydrogens (tertiary/aromatic N) is 2. The molecule has 0 fully saturated rings. The smallest absolute Gasteiger partial charge is 0.235 e. The number of hydrogen-bond acceptors (Lipinski definition) is 3. The van der Waals surface area contributed by atoms with Gasteiger partial charge in [0.2, 0.25) is 5.91 Å². The van der Waals surface area contributed by atoms with E-state index >= 15 is 0 Å². The molecule has 0 aromatic carbocycles. The van der Waals surface area contributed by atoms with Crippen molar-refractivity contribution in [3.63, 3.8) is 0 Å². The third kappa shape index (κ3) is 3.36. The standard InChI is InChI=1S/C14H22N4O/c1-9-10(6-11(7-15)18(9)5)8-17-12(13(16)19)14(2,3)4/h6,12,17H,8H2,1-5H3,(H2,16,19)/t12-/m0/s1. The third-order valence-corrected chi connectivity index (χ3v) is 3.40. The number of amides is 1. The number of carbonyl (C=O) groups is 1. The van der Waals surface area contributed by atoms with Crippen LogP contribution in [0.3, 0.4) is 0 Å². The van der Waals surface area contributed by atoms with E-state index in [0.717, 1.165) is 11.3 Å². The number of primary amides is 1. The summed E-state index contributed by atoms with van der Waals surface area (Å²) in [6.45, 7) is 8.37. The molecular formula is C14H22N4O. The van der Waals surface area contributed by atoms with Crippen LogP contribution in [0.1, 0.15) is 37.7 Å². The molecule has 1 aromatic rings. The van der Waals surface area contributed by atoms with E-state index in [1.165, 1.54) is 0 Å². The number of nitriles is 1. The second-order valence-electron chi connectivity index (χ2n) is 5.89. The first-order valence-electron chi connectivity index (χ1n) is 6.26.